The number of rotatable bonds is 12. The topological polar surface area (TPSA) is 350 Å². The molecular weight excluding hydrogens is 918 g/mol. The number of hydrogen-bond acceptors (Lipinski definition) is 21. The van der Waals surface area contributed by atoms with E-state index in [1.54, 1.807) is 30.3 Å². The number of nitrogen functional groups attached to an aromatic ring is 1. The number of carbonyl (C=O) groups is 2. The Hall–Kier alpha value is -4.09. The zero-order valence-corrected chi connectivity index (χ0v) is 42.1. The molecule has 6 rings (SSSR count). The SMILES string of the molecule is COc1cc(-c2ccc(N/N=C3\C=CC(=O)C=C3N)c(OC)c2)ccc1N=Nc1c(S(=O)(=O)[O-])cc2c(c1N)C(=O)/C(=N/Nc1ccc(S(=O)(=O)[O-])cc1)C(S(=O)(=O)[O-])=C2.[Na+].[Na+].[Na+]. The average molecular weight is 945 g/mol. The summed E-state index contributed by atoms with van der Waals surface area (Å²) in [6.07, 6.45) is 4.60. The largest absolute Gasteiger partial charge is 1.00 e. The van der Waals surface area contributed by atoms with Crippen LogP contribution in [0.4, 0.5) is 28.4 Å². The van der Waals surface area contributed by atoms with Crippen LogP contribution >= 0.6 is 0 Å². The standard InChI is InChI=1S/C36H30N8O13S3.3Na/c1-56-28-13-18(3-10-26(28)41-40-25-12-7-22(45)17-24(25)37)19-4-11-27(29(14-19)57-2)42-43-34-30(59(50,51)52)15-20-16-31(60(53,54)55)35(36(46)32(20)33(34)38)44-39-21-5-8-23(9-6-21)58(47,48)49;;;/h3-17,39,41H,37-38H2,1-2H3,(H,47,48,49)(H,50,51,52)(H,53,54,55);;;/q;3*+1/p-3/b40-25+,43-42?,44-35+;;;. The molecule has 4 aromatic carbocycles. The van der Waals surface area contributed by atoms with E-state index in [1.165, 1.54) is 38.5 Å². The van der Waals surface area contributed by atoms with Crippen LogP contribution in [0.2, 0.25) is 0 Å². The van der Waals surface area contributed by atoms with Crippen molar-refractivity contribution < 1.29 is 147 Å². The number of Topliss-reactive ketones (excluding diaryl/α,β-unsaturated/α-hetero) is 1. The Kier molecular flexibility index (Phi) is 18.0. The van der Waals surface area contributed by atoms with Crippen molar-refractivity contribution in [1.82, 2.24) is 0 Å². The van der Waals surface area contributed by atoms with E-state index in [4.69, 9.17) is 20.9 Å². The number of fused-ring (bicyclic) bond motifs is 1. The van der Waals surface area contributed by atoms with Crippen molar-refractivity contribution >= 4 is 87.9 Å². The van der Waals surface area contributed by atoms with Crippen LogP contribution in [0.5, 0.6) is 11.5 Å². The Labute approximate surface area is 426 Å². The molecule has 0 heterocycles. The van der Waals surface area contributed by atoms with E-state index in [9.17, 15) is 48.5 Å². The summed E-state index contributed by atoms with van der Waals surface area (Å²) in [6, 6.07) is 14.2. The van der Waals surface area contributed by atoms with Gasteiger partial charge in [0.1, 0.15) is 64.7 Å². The number of methoxy groups -OCH3 is 2. The number of benzene rings is 4. The third-order valence-corrected chi connectivity index (χ3v) is 11.1. The molecule has 0 unspecified atom stereocenters. The molecule has 0 amide bonds. The molecule has 0 atom stereocenters. The Bertz CT molecular complexity index is 3050. The molecule has 6 N–H and O–H groups in total. The molecule has 2 aliphatic carbocycles. The molecule has 310 valence electrons. The van der Waals surface area contributed by atoms with Crippen LogP contribution in [0.15, 0.2) is 126 Å². The quantitative estimate of drug-likeness (QED) is 0.0257. The van der Waals surface area contributed by atoms with Gasteiger partial charge in [-0.05, 0) is 89.5 Å². The minimum atomic E-state index is -5.50. The van der Waals surface area contributed by atoms with Gasteiger partial charge in [0.25, 0.3) is 0 Å². The number of ether oxygens (including phenoxy) is 2. The van der Waals surface area contributed by atoms with Gasteiger partial charge >= 0.3 is 88.7 Å². The van der Waals surface area contributed by atoms with Gasteiger partial charge < -0.3 is 34.6 Å². The maximum Gasteiger partial charge on any atom is 1.00 e. The van der Waals surface area contributed by atoms with Crippen molar-refractivity contribution in [1.29, 1.82) is 0 Å². The van der Waals surface area contributed by atoms with Gasteiger partial charge in [0.15, 0.2) is 5.78 Å². The van der Waals surface area contributed by atoms with Crippen molar-refractivity contribution in [2.24, 2.45) is 26.2 Å². The summed E-state index contributed by atoms with van der Waals surface area (Å²) >= 11 is 0. The first kappa shape index (κ1) is 53.2. The molecule has 0 aromatic heterocycles. The first-order valence-electron chi connectivity index (χ1n) is 16.6. The number of nitrogens with two attached hydrogens (primary N) is 2. The molecule has 0 fully saturated rings. The first-order valence-corrected chi connectivity index (χ1v) is 20.8. The predicted octanol–water partition coefficient (Wildman–Crippen LogP) is -5.51. The molecule has 27 heteroatoms. The Balaban J connectivity index is 0.00000352. The zero-order chi connectivity index (χ0) is 43.7. The molecule has 0 saturated heterocycles. The number of carbonyl (C=O) groups excluding carboxylic acids is 2. The van der Waals surface area contributed by atoms with E-state index in [0.29, 0.717) is 40.4 Å². The van der Waals surface area contributed by atoms with Crippen LogP contribution in [0.1, 0.15) is 15.9 Å². The number of nitrogens with one attached hydrogen (secondary N) is 2. The number of hydrogen-bond donors (Lipinski definition) is 4. The smallest absolute Gasteiger partial charge is 0.744 e. The van der Waals surface area contributed by atoms with Crippen LogP contribution in [0, 0.1) is 0 Å². The summed E-state index contributed by atoms with van der Waals surface area (Å²) in [4.78, 5) is 22.4. The van der Waals surface area contributed by atoms with E-state index in [-0.39, 0.29) is 117 Å². The maximum absolute atomic E-state index is 13.8. The first-order chi connectivity index (χ1) is 28.2. The van der Waals surface area contributed by atoms with Gasteiger partial charge in [0.2, 0.25) is 5.78 Å². The number of azo groups is 1. The van der Waals surface area contributed by atoms with Crippen molar-refractivity contribution in [3.8, 4) is 22.6 Å². The predicted molar refractivity (Wildman–Crippen MR) is 213 cm³/mol. The van der Waals surface area contributed by atoms with Gasteiger partial charge in [-0.3, -0.25) is 20.4 Å². The molecule has 63 heavy (non-hydrogen) atoms. The van der Waals surface area contributed by atoms with Crippen molar-refractivity contribution in [3.05, 3.63) is 107 Å². The second-order valence-corrected chi connectivity index (χ2v) is 16.4. The van der Waals surface area contributed by atoms with Crippen molar-refractivity contribution in [2.45, 2.75) is 9.79 Å². The van der Waals surface area contributed by atoms with Gasteiger partial charge in [-0.1, -0.05) is 12.1 Å². The number of nitrogens with zero attached hydrogens (tertiary/aromatic N) is 4. The fourth-order valence-corrected chi connectivity index (χ4v) is 7.44. The van der Waals surface area contributed by atoms with Crippen LogP contribution in [0.25, 0.3) is 17.2 Å². The second kappa shape index (κ2) is 21.3. The van der Waals surface area contributed by atoms with E-state index >= 15 is 0 Å². The van der Waals surface area contributed by atoms with Crippen molar-refractivity contribution in [3.63, 3.8) is 0 Å². The summed E-state index contributed by atoms with van der Waals surface area (Å²) in [6.45, 7) is 0. The number of hydrazone groups is 2. The summed E-state index contributed by atoms with van der Waals surface area (Å²) in [5.41, 5.74) is 15.6. The van der Waals surface area contributed by atoms with E-state index in [2.05, 4.69) is 31.3 Å². The second-order valence-electron chi connectivity index (χ2n) is 12.3. The van der Waals surface area contributed by atoms with Crippen LogP contribution in [0.3, 0.4) is 0 Å². The molecular formula is C36H27N8Na3O13S3. The van der Waals surface area contributed by atoms with Gasteiger partial charge in [-0.15, -0.1) is 10.2 Å². The molecule has 0 radical (unpaired) electrons. The number of ketones is 2. The van der Waals surface area contributed by atoms with Gasteiger partial charge in [-0.25, -0.2) is 25.3 Å². The third-order valence-electron chi connectivity index (χ3n) is 8.54. The summed E-state index contributed by atoms with van der Waals surface area (Å²) in [7, 11) is -13.0. The van der Waals surface area contributed by atoms with E-state index in [0.717, 1.165) is 24.3 Å². The Morgan fingerprint density at radius 2 is 1.29 bits per heavy atom. The Morgan fingerprint density at radius 3 is 1.86 bits per heavy atom. The van der Waals surface area contributed by atoms with Crippen molar-refractivity contribution in [2.75, 3.05) is 30.8 Å². The monoisotopic (exact) mass is 944 g/mol. The van der Waals surface area contributed by atoms with E-state index in [1.807, 2.05) is 0 Å². The van der Waals surface area contributed by atoms with Gasteiger partial charge in [0, 0.05) is 6.08 Å². The minimum Gasteiger partial charge on any atom is -0.744 e. The molecule has 0 saturated carbocycles. The fraction of sp³-hybridized carbons (Fsp3) is 0.0556. The molecule has 2 aliphatic rings. The summed E-state index contributed by atoms with van der Waals surface area (Å²) in [5, 5.41) is 15.9. The zero-order valence-electron chi connectivity index (χ0n) is 33.6. The molecule has 0 bridgehead atoms. The van der Waals surface area contributed by atoms with Crippen LogP contribution in [-0.2, 0) is 35.1 Å². The molecule has 4 aromatic rings. The average Bonchev–Trinajstić information content (AvgIpc) is 3.18. The molecule has 0 spiro atoms. The minimum absolute atomic E-state index is 0. The van der Waals surface area contributed by atoms with Crippen LogP contribution < -0.4 is 120 Å². The molecule has 21 nitrogen and oxygen atoms in total. The van der Waals surface area contributed by atoms with E-state index < -0.39 is 79.0 Å². The normalized spacial score (nSPS) is 15.1. The summed E-state index contributed by atoms with van der Waals surface area (Å²) < 4.78 is 119. The Morgan fingerprint density at radius 1 is 0.667 bits per heavy atom. The van der Waals surface area contributed by atoms with Gasteiger partial charge in [0.05, 0.1) is 57.2 Å². The summed E-state index contributed by atoms with van der Waals surface area (Å²) in [5.74, 6) is -1.12. The third kappa shape index (κ3) is 12.2. The maximum atomic E-state index is 13.8. The fourth-order valence-electron chi connectivity index (χ4n) is 5.66. The number of allylic oxidation sites excluding steroid dienone is 4. The number of anilines is 3. The van der Waals surface area contributed by atoms with Crippen LogP contribution in [-0.4, -0.2) is 76.1 Å². The van der Waals surface area contributed by atoms with Gasteiger partial charge in [-0.2, -0.15) is 10.2 Å². The molecule has 0 aliphatic heterocycles.